The lowest BCUT2D eigenvalue weighted by Gasteiger charge is -1.99. The van der Waals surface area contributed by atoms with Crippen molar-refractivity contribution in [3.05, 3.63) is 31.3 Å². The van der Waals surface area contributed by atoms with Crippen molar-refractivity contribution < 1.29 is 0 Å². The van der Waals surface area contributed by atoms with Crippen molar-refractivity contribution in [2.75, 3.05) is 0 Å². The zero-order valence-electron chi connectivity index (χ0n) is 5.24. The van der Waals surface area contributed by atoms with E-state index in [-0.39, 0.29) is 0 Å². The molecule has 0 saturated carbocycles. The minimum Gasteiger partial charge on any atom is -0.192 e. The molecule has 0 unspecified atom stereocenters. The predicted octanol–water partition coefficient (Wildman–Crippen LogP) is 3.47. The molecular formula is C7H2Cl2IN. The molecule has 4 heteroatoms. The summed E-state index contributed by atoms with van der Waals surface area (Å²) in [5.41, 5.74) is 0.444. The van der Waals surface area contributed by atoms with Gasteiger partial charge in [-0.25, -0.2) is 0 Å². The predicted molar refractivity (Wildman–Crippen MR) is 53.9 cm³/mol. The summed E-state index contributed by atoms with van der Waals surface area (Å²) in [6.07, 6.45) is 0. The van der Waals surface area contributed by atoms with Crippen LogP contribution in [0.4, 0.5) is 0 Å². The Morgan fingerprint density at radius 2 is 1.82 bits per heavy atom. The molecule has 1 aromatic rings. The number of hydrogen-bond donors (Lipinski definition) is 0. The van der Waals surface area contributed by atoms with Crippen molar-refractivity contribution in [1.29, 1.82) is 5.26 Å². The molecule has 0 radical (unpaired) electrons. The molecule has 56 valence electrons. The van der Waals surface area contributed by atoms with E-state index in [9.17, 15) is 0 Å². The van der Waals surface area contributed by atoms with Gasteiger partial charge in [0, 0.05) is 0 Å². The molecule has 0 N–H and O–H groups in total. The van der Waals surface area contributed by atoms with Gasteiger partial charge < -0.3 is 0 Å². The van der Waals surface area contributed by atoms with Gasteiger partial charge in [-0.05, 0) is 34.7 Å². The third-order valence-corrected chi connectivity index (χ3v) is 3.23. The van der Waals surface area contributed by atoms with E-state index in [1.807, 2.05) is 28.7 Å². The maximum Gasteiger partial charge on any atom is 0.102 e. The van der Waals surface area contributed by atoms with E-state index >= 15 is 0 Å². The third-order valence-electron chi connectivity index (χ3n) is 1.16. The summed E-state index contributed by atoms with van der Waals surface area (Å²) in [7, 11) is 0. The fraction of sp³-hybridized carbons (Fsp3) is 0. The summed E-state index contributed by atoms with van der Waals surface area (Å²) < 4.78 is 0.708. The van der Waals surface area contributed by atoms with Gasteiger partial charge in [-0.2, -0.15) is 5.26 Å². The van der Waals surface area contributed by atoms with Gasteiger partial charge in [0.1, 0.15) is 6.07 Å². The molecule has 1 rings (SSSR count). The van der Waals surface area contributed by atoms with E-state index in [0.717, 1.165) is 0 Å². The Kier molecular flexibility index (Phi) is 2.99. The van der Waals surface area contributed by atoms with Crippen LogP contribution in [0.25, 0.3) is 0 Å². The molecule has 0 atom stereocenters. The first-order chi connectivity index (χ1) is 5.16. The van der Waals surface area contributed by atoms with Crippen LogP contribution < -0.4 is 0 Å². The lowest BCUT2D eigenvalue weighted by Crippen LogP contribution is -1.83. The van der Waals surface area contributed by atoms with E-state index in [2.05, 4.69) is 0 Å². The van der Waals surface area contributed by atoms with Gasteiger partial charge in [0.05, 0.1) is 19.2 Å². The van der Waals surface area contributed by atoms with Crippen LogP contribution in [0, 0.1) is 14.9 Å². The first-order valence-corrected chi connectivity index (χ1v) is 4.54. The monoisotopic (exact) mass is 297 g/mol. The minimum atomic E-state index is 0.444. The molecule has 0 bridgehead atoms. The summed E-state index contributed by atoms with van der Waals surface area (Å²) in [5, 5.41) is 9.63. The fourth-order valence-corrected chi connectivity index (χ4v) is 1.74. The average Bonchev–Trinajstić information content (AvgIpc) is 1.99. The first kappa shape index (κ1) is 9.11. The quantitative estimate of drug-likeness (QED) is 0.531. The second-order valence-electron chi connectivity index (χ2n) is 1.83. The van der Waals surface area contributed by atoms with Gasteiger partial charge in [0.2, 0.25) is 0 Å². The Balaban J connectivity index is 3.44. The Bertz CT molecular complexity index is 330. The smallest absolute Gasteiger partial charge is 0.102 e. The van der Waals surface area contributed by atoms with Gasteiger partial charge in [-0.3, -0.25) is 0 Å². The Labute approximate surface area is 88.1 Å². The largest absolute Gasteiger partial charge is 0.192 e. The minimum absolute atomic E-state index is 0.444. The number of benzene rings is 1. The number of halogens is 3. The van der Waals surface area contributed by atoms with E-state index in [1.165, 1.54) is 0 Å². The third kappa shape index (κ3) is 1.78. The molecular weight excluding hydrogens is 296 g/mol. The zero-order chi connectivity index (χ0) is 8.43. The van der Waals surface area contributed by atoms with Crippen molar-refractivity contribution in [2.45, 2.75) is 0 Å². The van der Waals surface area contributed by atoms with Crippen molar-refractivity contribution in [2.24, 2.45) is 0 Å². The van der Waals surface area contributed by atoms with Crippen molar-refractivity contribution in [1.82, 2.24) is 0 Å². The van der Waals surface area contributed by atoms with Crippen LogP contribution in [0.2, 0.25) is 10.0 Å². The average molecular weight is 298 g/mol. The summed E-state index contributed by atoms with van der Waals surface area (Å²) in [5.74, 6) is 0. The summed E-state index contributed by atoms with van der Waals surface area (Å²) >= 11 is 13.5. The van der Waals surface area contributed by atoms with Crippen LogP contribution in [0.3, 0.4) is 0 Å². The molecule has 1 aromatic carbocycles. The van der Waals surface area contributed by atoms with E-state index in [1.54, 1.807) is 12.1 Å². The SMILES string of the molecule is N#Cc1c(Cl)ccc(Cl)c1I. The van der Waals surface area contributed by atoms with Crippen molar-refractivity contribution >= 4 is 45.8 Å². The lowest BCUT2D eigenvalue weighted by molar-refractivity contribution is 1.46. The molecule has 0 spiro atoms. The second kappa shape index (κ2) is 3.61. The highest BCUT2D eigenvalue weighted by Crippen LogP contribution is 2.27. The normalized spacial score (nSPS) is 9.27. The number of nitriles is 1. The van der Waals surface area contributed by atoms with E-state index in [4.69, 9.17) is 28.5 Å². The van der Waals surface area contributed by atoms with Gasteiger partial charge >= 0.3 is 0 Å². The molecule has 0 aliphatic heterocycles. The second-order valence-corrected chi connectivity index (χ2v) is 3.72. The molecule has 0 aliphatic carbocycles. The molecule has 0 fully saturated rings. The van der Waals surface area contributed by atoms with Gasteiger partial charge in [-0.1, -0.05) is 23.2 Å². The summed E-state index contributed by atoms with van der Waals surface area (Å²) in [4.78, 5) is 0. The van der Waals surface area contributed by atoms with E-state index in [0.29, 0.717) is 19.2 Å². The van der Waals surface area contributed by atoms with Gasteiger partial charge in [0.25, 0.3) is 0 Å². The van der Waals surface area contributed by atoms with Crippen molar-refractivity contribution in [3.63, 3.8) is 0 Å². The maximum atomic E-state index is 8.63. The highest BCUT2D eigenvalue weighted by molar-refractivity contribution is 14.1. The highest BCUT2D eigenvalue weighted by Gasteiger charge is 2.06. The Morgan fingerprint density at radius 3 is 2.27 bits per heavy atom. The van der Waals surface area contributed by atoms with Crippen molar-refractivity contribution in [3.8, 4) is 6.07 Å². The Hall–Kier alpha value is 0.0200. The zero-order valence-corrected chi connectivity index (χ0v) is 8.91. The maximum absolute atomic E-state index is 8.63. The van der Waals surface area contributed by atoms with Gasteiger partial charge in [-0.15, -0.1) is 0 Å². The van der Waals surface area contributed by atoms with Crippen LogP contribution in [0.15, 0.2) is 12.1 Å². The topological polar surface area (TPSA) is 23.8 Å². The molecule has 1 nitrogen and oxygen atoms in total. The number of nitrogens with zero attached hydrogens (tertiary/aromatic N) is 1. The summed E-state index contributed by atoms with van der Waals surface area (Å²) in [6.45, 7) is 0. The lowest BCUT2D eigenvalue weighted by atomic mass is 10.2. The van der Waals surface area contributed by atoms with Gasteiger partial charge in [0.15, 0.2) is 0 Å². The fourth-order valence-electron chi connectivity index (χ4n) is 0.630. The number of rotatable bonds is 0. The Morgan fingerprint density at radius 1 is 1.27 bits per heavy atom. The molecule has 0 heterocycles. The molecule has 0 saturated heterocycles. The molecule has 11 heavy (non-hydrogen) atoms. The highest BCUT2D eigenvalue weighted by atomic mass is 127. The standard InChI is InChI=1S/C7H2Cl2IN/c8-5-1-2-6(9)7(10)4(5)3-11/h1-2H. The molecule has 0 amide bonds. The summed E-state index contributed by atoms with van der Waals surface area (Å²) in [6, 6.07) is 5.27. The molecule has 0 aromatic heterocycles. The van der Waals surface area contributed by atoms with Crippen LogP contribution in [-0.4, -0.2) is 0 Å². The number of hydrogen-bond acceptors (Lipinski definition) is 1. The first-order valence-electron chi connectivity index (χ1n) is 2.70. The molecule has 0 aliphatic rings. The van der Waals surface area contributed by atoms with Crippen LogP contribution in [-0.2, 0) is 0 Å². The van der Waals surface area contributed by atoms with Crippen LogP contribution >= 0.6 is 45.8 Å². The van der Waals surface area contributed by atoms with Crippen LogP contribution in [0.1, 0.15) is 5.56 Å². The van der Waals surface area contributed by atoms with Crippen LogP contribution in [0.5, 0.6) is 0 Å². The van der Waals surface area contributed by atoms with E-state index < -0.39 is 0 Å².